The fourth-order valence-corrected chi connectivity index (χ4v) is 4.42. The molecule has 2 saturated heterocycles. The van der Waals surface area contributed by atoms with E-state index in [1.54, 1.807) is 0 Å². The number of nitrogens with one attached hydrogen (secondary N) is 1. The van der Waals surface area contributed by atoms with Gasteiger partial charge in [0.1, 0.15) is 0 Å². The van der Waals surface area contributed by atoms with Crippen LogP contribution in [0.5, 0.6) is 0 Å². The minimum absolute atomic E-state index is 0.0131. The van der Waals surface area contributed by atoms with E-state index in [0.29, 0.717) is 12.1 Å². The van der Waals surface area contributed by atoms with Gasteiger partial charge in [-0.2, -0.15) is 0 Å². The summed E-state index contributed by atoms with van der Waals surface area (Å²) in [6.45, 7) is 3.94. The highest BCUT2D eigenvalue weighted by molar-refractivity contribution is 5.94. The van der Waals surface area contributed by atoms with Gasteiger partial charge in [0.25, 0.3) is 5.91 Å². The van der Waals surface area contributed by atoms with Crippen molar-refractivity contribution in [2.75, 3.05) is 26.2 Å². The molecule has 2 aromatic rings. The quantitative estimate of drug-likeness (QED) is 0.834. The van der Waals surface area contributed by atoms with Crippen molar-refractivity contribution >= 4 is 5.91 Å². The van der Waals surface area contributed by atoms with E-state index < -0.39 is 0 Å². The predicted octanol–water partition coefficient (Wildman–Crippen LogP) is 3.67. The Kier molecular flexibility index (Phi) is 6.08. The fraction of sp³-hybridized carbons (Fsp3) is 0.458. The molecule has 0 aromatic heterocycles. The van der Waals surface area contributed by atoms with E-state index in [4.69, 9.17) is 4.74 Å². The van der Waals surface area contributed by atoms with E-state index in [1.807, 2.05) is 30.3 Å². The molecular formula is C24H30N2O2. The molecule has 2 aliphatic rings. The van der Waals surface area contributed by atoms with Crippen LogP contribution in [0.1, 0.15) is 41.6 Å². The molecule has 0 unspecified atom stereocenters. The second-order valence-electron chi connectivity index (χ2n) is 8.11. The van der Waals surface area contributed by atoms with Gasteiger partial charge in [-0.05, 0) is 49.8 Å². The third-order valence-corrected chi connectivity index (χ3v) is 6.19. The molecule has 0 radical (unpaired) electrons. The lowest BCUT2D eigenvalue weighted by atomic mass is 9.88. The first-order valence-corrected chi connectivity index (χ1v) is 10.5. The van der Waals surface area contributed by atoms with Gasteiger partial charge in [0, 0.05) is 31.7 Å². The number of hydrogen-bond donors (Lipinski definition) is 1. The molecule has 4 rings (SSSR count). The van der Waals surface area contributed by atoms with Gasteiger partial charge >= 0.3 is 0 Å². The van der Waals surface area contributed by atoms with Crippen molar-refractivity contribution in [1.29, 1.82) is 0 Å². The fourth-order valence-electron chi connectivity index (χ4n) is 4.42. The van der Waals surface area contributed by atoms with Crippen LogP contribution in [0.25, 0.3) is 0 Å². The van der Waals surface area contributed by atoms with Crippen molar-refractivity contribution in [1.82, 2.24) is 10.2 Å². The highest BCUT2D eigenvalue weighted by Crippen LogP contribution is 2.38. The predicted molar refractivity (Wildman–Crippen MR) is 111 cm³/mol. The van der Waals surface area contributed by atoms with E-state index in [0.717, 1.165) is 51.7 Å². The first kappa shape index (κ1) is 19.2. The third kappa shape index (κ3) is 4.81. The Bertz CT molecular complexity index is 755. The molecule has 148 valence electrons. The van der Waals surface area contributed by atoms with Gasteiger partial charge in [-0.1, -0.05) is 48.5 Å². The Labute approximate surface area is 167 Å². The first-order chi connectivity index (χ1) is 13.7. The number of benzene rings is 2. The largest absolute Gasteiger partial charge is 0.370 e. The molecule has 28 heavy (non-hydrogen) atoms. The molecule has 2 heterocycles. The number of amides is 1. The molecule has 2 fully saturated rings. The summed E-state index contributed by atoms with van der Waals surface area (Å²) in [5.74, 6) is -0.0131. The second kappa shape index (κ2) is 8.89. The van der Waals surface area contributed by atoms with E-state index in [1.165, 1.54) is 5.56 Å². The molecule has 0 aliphatic carbocycles. The molecule has 1 amide bonds. The molecule has 2 aromatic carbocycles. The van der Waals surface area contributed by atoms with E-state index in [2.05, 4.69) is 40.5 Å². The van der Waals surface area contributed by atoms with Crippen LogP contribution in [-0.4, -0.2) is 48.7 Å². The van der Waals surface area contributed by atoms with Gasteiger partial charge in [0.05, 0.1) is 11.7 Å². The summed E-state index contributed by atoms with van der Waals surface area (Å²) >= 11 is 0. The highest BCUT2D eigenvalue weighted by atomic mass is 16.5. The number of nitrogens with zero attached hydrogens (tertiary/aromatic N) is 1. The minimum atomic E-state index is -0.0131. The monoisotopic (exact) mass is 378 g/mol. The lowest BCUT2D eigenvalue weighted by Crippen LogP contribution is -2.45. The summed E-state index contributed by atoms with van der Waals surface area (Å²) in [7, 11) is 0. The van der Waals surface area contributed by atoms with Crippen LogP contribution >= 0.6 is 0 Å². The lowest BCUT2D eigenvalue weighted by Gasteiger charge is -2.39. The SMILES string of the molecule is O=C(NC[C@@H]1CCC2(CCN(CCc3ccccc3)CC2)O1)c1ccccc1. The number of rotatable bonds is 6. The van der Waals surface area contributed by atoms with Crippen molar-refractivity contribution in [3.8, 4) is 0 Å². The average molecular weight is 379 g/mol. The van der Waals surface area contributed by atoms with Crippen molar-refractivity contribution < 1.29 is 9.53 Å². The molecule has 4 heteroatoms. The number of piperidine rings is 1. The summed E-state index contributed by atoms with van der Waals surface area (Å²) in [4.78, 5) is 14.8. The molecule has 0 bridgehead atoms. The van der Waals surface area contributed by atoms with Gasteiger partial charge in [-0.15, -0.1) is 0 Å². The van der Waals surface area contributed by atoms with Crippen molar-refractivity contribution in [3.63, 3.8) is 0 Å². The Balaban J connectivity index is 1.19. The topological polar surface area (TPSA) is 41.6 Å². The summed E-state index contributed by atoms with van der Waals surface area (Å²) in [6.07, 6.45) is 5.62. The summed E-state index contributed by atoms with van der Waals surface area (Å²) < 4.78 is 6.45. The summed E-state index contributed by atoms with van der Waals surface area (Å²) in [5, 5.41) is 3.04. The lowest BCUT2D eigenvalue weighted by molar-refractivity contribution is -0.0752. The zero-order valence-corrected chi connectivity index (χ0v) is 16.5. The maximum Gasteiger partial charge on any atom is 0.251 e. The Hall–Kier alpha value is -2.17. The summed E-state index contributed by atoms with van der Waals surface area (Å²) in [5.41, 5.74) is 2.15. The molecule has 1 spiro atoms. The summed E-state index contributed by atoms with van der Waals surface area (Å²) in [6, 6.07) is 20.1. The number of carbonyl (C=O) groups excluding carboxylic acids is 1. The molecule has 4 nitrogen and oxygen atoms in total. The maximum absolute atomic E-state index is 12.2. The molecule has 1 N–H and O–H groups in total. The van der Waals surface area contributed by atoms with Crippen LogP contribution in [-0.2, 0) is 11.2 Å². The molecule has 0 saturated carbocycles. The van der Waals surface area contributed by atoms with Crippen LogP contribution in [0.15, 0.2) is 60.7 Å². The average Bonchev–Trinajstić information content (AvgIpc) is 3.15. The minimum Gasteiger partial charge on any atom is -0.370 e. The Morgan fingerprint density at radius 1 is 1.00 bits per heavy atom. The van der Waals surface area contributed by atoms with Crippen molar-refractivity contribution in [2.45, 2.75) is 43.8 Å². The van der Waals surface area contributed by atoms with Crippen molar-refractivity contribution in [3.05, 3.63) is 71.8 Å². The van der Waals surface area contributed by atoms with Crippen LogP contribution in [0.2, 0.25) is 0 Å². The van der Waals surface area contributed by atoms with Crippen LogP contribution < -0.4 is 5.32 Å². The smallest absolute Gasteiger partial charge is 0.251 e. The van der Waals surface area contributed by atoms with Gasteiger partial charge in [0.15, 0.2) is 0 Å². The van der Waals surface area contributed by atoms with Crippen molar-refractivity contribution in [2.24, 2.45) is 0 Å². The van der Waals surface area contributed by atoms with Gasteiger partial charge < -0.3 is 15.0 Å². The van der Waals surface area contributed by atoms with Gasteiger partial charge in [-0.25, -0.2) is 0 Å². The van der Waals surface area contributed by atoms with Gasteiger partial charge in [-0.3, -0.25) is 4.79 Å². The van der Waals surface area contributed by atoms with Crippen LogP contribution in [0.4, 0.5) is 0 Å². The zero-order chi connectivity index (χ0) is 19.2. The van der Waals surface area contributed by atoms with E-state index in [9.17, 15) is 4.79 Å². The number of ether oxygens (including phenoxy) is 1. The number of hydrogen-bond acceptors (Lipinski definition) is 3. The zero-order valence-electron chi connectivity index (χ0n) is 16.5. The molecule has 1 atom stereocenters. The number of likely N-dealkylation sites (tertiary alicyclic amines) is 1. The Morgan fingerprint density at radius 2 is 1.68 bits per heavy atom. The van der Waals surface area contributed by atoms with Gasteiger partial charge in [0.2, 0.25) is 0 Å². The highest BCUT2D eigenvalue weighted by Gasteiger charge is 2.42. The van der Waals surface area contributed by atoms with E-state index in [-0.39, 0.29) is 17.6 Å². The molecule has 2 aliphatic heterocycles. The number of carbonyl (C=O) groups is 1. The Morgan fingerprint density at radius 3 is 2.39 bits per heavy atom. The second-order valence-corrected chi connectivity index (χ2v) is 8.11. The normalized spacial score (nSPS) is 21.6. The first-order valence-electron chi connectivity index (χ1n) is 10.5. The van der Waals surface area contributed by atoms with E-state index >= 15 is 0 Å². The van der Waals surface area contributed by atoms with Crippen LogP contribution in [0, 0.1) is 0 Å². The maximum atomic E-state index is 12.2. The molecular weight excluding hydrogens is 348 g/mol. The standard InChI is InChI=1S/C24H30N2O2/c27-23(21-9-5-2-6-10-21)25-19-22-11-13-24(28-22)14-17-26(18-15-24)16-12-20-7-3-1-4-8-20/h1-10,22H,11-19H2,(H,25,27)/t22-/m0/s1. The third-order valence-electron chi connectivity index (χ3n) is 6.19. The van der Waals surface area contributed by atoms with Crippen LogP contribution in [0.3, 0.4) is 0 Å².